The van der Waals surface area contributed by atoms with Crippen LogP contribution in [0.2, 0.25) is 0 Å². The minimum atomic E-state index is -0.875. The summed E-state index contributed by atoms with van der Waals surface area (Å²) in [4.78, 5) is 21.7. The third-order valence-electron chi connectivity index (χ3n) is 2.51. The van der Waals surface area contributed by atoms with Gasteiger partial charge in [-0.3, -0.25) is 9.59 Å². The molecular formula is C12H20N4O3. The third-order valence-corrected chi connectivity index (χ3v) is 2.51. The molecule has 106 valence electrons. The maximum atomic E-state index is 11.4. The van der Waals surface area contributed by atoms with Gasteiger partial charge in [0.15, 0.2) is 0 Å². The van der Waals surface area contributed by atoms with E-state index in [1.54, 1.807) is 10.9 Å². The van der Waals surface area contributed by atoms with Gasteiger partial charge in [0.25, 0.3) is 0 Å². The molecule has 1 amide bonds. The number of anilines is 1. The van der Waals surface area contributed by atoms with Crippen molar-refractivity contribution < 1.29 is 14.7 Å². The van der Waals surface area contributed by atoms with Crippen molar-refractivity contribution in [3.8, 4) is 0 Å². The minimum absolute atomic E-state index is 0.0249. The average molecular weight is 268 g/mol. The van der Waals surface area contributed by atoms with Crippen molar-refractivity contribution >= 4 is 17.7 Å². The van der Waals surface area contributed by atoms with Crippen LogP contribution in [0.5, 0.6) is 0 Å². The zero-order valence-corrected chi connectivity index (χ0v) is 11.1. The Morgan fingerprint density at radius 2 is 2.21 bits per heavy atom. The third kappa shape index (κ3) is 5.89. The molecule has 0 aliphatic rings. The number of aliphatic carboxylic acids is 1. The number of carboxylic acid groups (broad SMARTS) is 1. The molecule has 1 aromatic rings. The van der Waals surface area contributed by atoms with E-state index in [9.17, 15) is 9.59 Å². The second kappa shape index (κ2) is 8.12. The number of nitrogens with zero attached hydrogens (tertiary/aromatic N) is 2. The summed E-state index contributed by atoms with van der Waals surface area (Å²) in [6.45, 7) is 3.88. The van der Waals surface area contributed by atoms with E-state index in [4.69, 9.17) is 5.11 Å². The topological polar surface area (TPSA) is 96.3 Å². The first-order valence-electron chi connectivity index (χ1n) is 6.37. The maximum Gasteiger partial charge on any atom is 0.303 e. The van der Waals surface area contributed by atoms with Crippen molar-refractivity contribution in [1.29, 1.82) is 0 Å². The van der Waals surface area contributed by atoms with E-state index in [0.29, 0.717) is 19.5 Å². The Hall–Kier alpha value is -2.05. The van der Waals surface area contributed by atoms with Crippen LogP contribution in [0.3, 0.4) is 0 Å². The Balaban J connectivity index is 2.20. The highest BCUT2D eigenvalue weighted by atomic mass is 16.4. The quantitative estimate of drug-likeness (QED) is 0.612. The molecule has 0 radical (unpaired) electrons. The molecule has 7 nitrogen and oxygen atoms in total. The molecular weight excluding hydrogens is 248 g/mol. The minimum Gasteiger partial charge on any atom is -0.481 e. The summed E-state index contributed by atoms with van der Waals surface area (Å²) >= 11 is 0. The summed E-state index contributed by atoms with van der Waals surface area (Å²) in [6.07, 6.45) is 2.33. The van der Waals surface area contributed by atoms with Crippen LogP contribution >= 0.6 is 0 Å². The number of amides is 1. The van der Waals surface area contributed by atoms with Gasteiger partial charge in [-0.25, -0.2) is 4.68 Å². The van der Waals surface area contributed by atoms with Crippen LogP contribution in [-0.2, 0) is 16.1 Å². The summed E-state index contributed by atoms with van der Waals surface area (Å²) in [5.41, 5.74) is 0. The van der Waals surface area contributed by atoms with Crippen LogP contribution in [0, 0.1) is 0 Å². The van der Waals surface area contributed by atoms with Gasteiger partial charge < -0.3 is 15.7 Å². The normalized spacial score (nSPS) is 10.2. The van der Waals surface area contributed by atoms with Crippen molar-refractivity contribution in [2.75, 3.05) is 18.4 Å². The molecule has 0 aromatic carbocycles. The fourth-order valence-corrected chi connectivity index (χ4v) is 1.63. The molecule has 19 heavy (non-hydrogen) atoms. The summed E-state index contributed by atoms with van der Waals surface area (Å²) in [7, 11) is 0. The van der Waals surface area contributed by atoms with Crippen LogP contribution in [0.15, 0.2) is 12.3 Å². The Morgan fingerprint density at radius 3 is 2.89 bits per heavy atom. The highest BCUT2D eigenvalue weighted by Gasteiger charge is 2.04. The lowest BCUT2D eigenvalue weighted by atomic mass is 10.2. The molecule has 1 rings (SSSR count). The fraction of sp³-hybridized carbons (Fsp3) is 0.583. The fourth-order valence-electron chi connectivity index (χ4n) is 1.63. The highest BCUT2D eigenvalue weighted by molar-refractivity contribution is 5.76. The van der Waals surface area contributed by atoms with Crippen molar-refractivity contribution in [2.45, 2.75) is 32.7 Å². The number of carbonyl (C=O) groups excluding carboxylic acids is 1. The number of carbonyl (C=O) groups is 2. The molecule has 0 aliphatic heterocycles. The van der Waals surface area contributed by atoms with E-state index in [2.05, 4.69) is 15.7 Å². The van der Waals surface area contributed by atoms with E-state index in [1.807, 2.05) is 13.0 Å². The van der Waals surface area contributed by atoms with E-state index >= 15 is 0 Å². The Morgan fingerprint density at radius 1 is 1.42 bits per heavy atom. The van der Waals surface area contributed by atoms with Crippen LogP contribution in [-0.4, -0.2) is 39.9 Å². The number of hydrogen-bond acceptors (Lipinski definition) is 4. The first kappa shape index (κ1) is 15.0. The number of nitrogens with one attached hydrogen (secondary N) is 2. The number of carboxylic acids is 1. The van der Waals surface area contributed by atoms with Crippen LogP contribution in [0.4, 0.5) is 5.82 Å². The van der Waals surface area contributed by atoms with Gasteiger partial charge in [-0.05, 0) is 13.3 Å². The van der Waals surface area contributed by atoms with Crippen LogP contribution < -0.4 is 10.6 Å². The van der Waals surface area contributed by atoms with Gasteiger partial charge in [0.1, 0.15) is 5.82 Å². The molecule has 0 unspecified atom stereocenters. The van der Waals surface area contributed by atoms with Gasteiger partial charge in [-0.2, -0.15) is 5.10 Å². The predicted molar refractivity (Wildman–Crippen MR) is 70.9 cm³/mol. The summed E-state index contributed by atoms with van der Waals surface area (Å²) in [6, 6.07) is 1.87. The number of rotatable bonds is 9. The van der Waals surface area contributed by atoms with Crippen molar-refractivity contribution in [3.05, 3.63) is 12.3 Å². The zero-order valence-electron chi connectivity index (χ0n) is 11.1. The molecule has 0 bridgehead atoms. The standard InChI is InChI=1S/C12H20N4O3/c1-2-13-10-6-7-15-16(10)9-8-14-11(17)4-3-5-12(18)19/h6-7,13H,2-5,8-9H2,1H3,(H,14,17)(H,18,19). The summed E-state index contributed by atoms with van der Waals surface area (Å²) in [5, 5.41) is 18.5. The van der Waals surface area contributed by atoms with E-state index in [-0.39, 0.29) is 18.7 Å². The zero-order chi connectivity index (χ0) is 14.1. The molecule has 0 spiro atoms. The van der Waals surface area contributed by atoms with Crippen molar-refractivity contribution in [3.63, 3.8) is 0 Å². The van der Waals surface area contributed by atoms with Crippen LogP contribution in [0.25, 0.3) is 0 Å². The smallest absolute Gasteiger partial charge is 0.303 e. The second-order valence-corrected chi connectivity index (χ2v) is 4.07. The lowest BCUT2D eigenvalue weighted by Gasteiger charge is -2.09. The van der Waals surface area contributed by atoms with Gasteiger partial charge in [-0.15, -0.1) is 0 Å². The number of hydrogen-bond donors (Lipinski definition) is 3. The summed E-state index contributed by atoms with van der Waals surface area (Å²) < 4.78 is 1.78. The van der Waals surface area contributed by atoms with Gasteiger partial charge in [0.2, 0.25) is 5.91 Å². The van der Waals surface area contributed by atoms with E-state index in [1.165, 1.54) is 0 Å². The number of aromatic nitrogens is 2. The average Bonchev–Trinajstić information content (AvgIpc) is 2.77. The molecule has 0 saturated carbocycles. The molecule has 1 aromatic heterocycles. The molecule has 0 saturated heterocycles. The lowest BCUT2D eigenvalue weighted by Crippen LogP contribution is -2.27. The molecule has 0 aliphatic carbocycles. The lowest BCUT2D eigenvalue weighted by molar-refractivity contribution is -0.137. The second-order valence-electron chi connectivity index (χ2n) is 4.07. The monoisotopic (exact) mass is 268 g/mol. The van der Waals surface area contributed by atoms with Gasteiger partial charge in [0.05, 0.1) is 12.7 Å². The molecule has 7 heteroatoms. The molecule has 3 N–H and O–H groups in total. The highest BCUT2D eigenvalue weighted by Crippen LogP contribution is 2.04. The van der Waals surface area contributed by atoms with Crippen molar-refractivity contribution in [1.82, 2.24) is 15.1 Å². The van der Waals surface area contributed by atoms with E-state index < -0.39 is 5.97 Å². The predicted octanol–water partition coefficient (Wildman–Crippen LogP) is 0.686. The van der Waals surface area contributed by atoms with Gasteiger partial charge >= 0.3 is 5.97 Å². The molecule has 0 fully saturated rings. The maximum absolute atomic E-state index is 11.4. The van der Waals surface area contributed by atoms with Crippen LogP contribution in [0.1, 0.15) is 26.2 Å². The molecule has 1 heterocycles. The van der Waals surface area contributed by atoms with E-state index in [0.717, 1.165) is 12.4 Å². The SMILES string of the molecule is CCNc1ccnn1CCNC(=O)CCCC(=O)O. The largest absolute Gasteiger partial charge is 0.481 e. The van der Waals surface area contributed by atoms with Gasteiger partial charge in [-0.1, -0.05) is 0 Å². The Bertz CT molecular complexity index is 417. The first-order valence-corrected chi connectivity index (χ1v) is 6.37. The first-order chi connectivity index (χ1) is 9.13. The van der Waals surface area contributed by atoms with Gasteiger partial charge in [0, 0.05) is 32.0 Å². The van der Waals surface area contributed by atoms with Crippen molar-refractivity contribution in [2.24, 2.45) is 0 Å². The summed E-state index contributed by atoms with van der Waals surface area (Å²) in [5.74, 6) is -0.0827. The molecule has 0 atom stereocenters. The Kier molecular flexibility index (Phi) is 6.42. The Labute approximate surface area is 112 Å².